The Balaban J connectivity index is 2.38. The van der Waals surface area contributed by atoms with Crippen molar-refractivity contribution in [3.8, 4) is 5.75 Å². The van der Waals surface area contributed by atoms with Gasteiger partial charge in [-0.05, 0) is 25.1 Å². The Morgan fingerprint density at radius 1 is 1.47 bits per heavy atom. The largest absolute Gasteiger partial charge is 0.489 e. The highest BCUT2D eigenvalue weighted by Crippen LogP contribution is 2.27. The van der Waals surface area contributed by atoms with Crippen LogP contribution >= 0.6 is 0 Å². The van der Waals surface area contributed by atoms with Crippen LogP contribution in [0.25, 0.3) is 0 Å². The van der Waals surface area contributed by atoms with Crippen molar-refractivity contribution in [2.75, 3.05) is 19.7 Å². The van der Waals surface area contributed by atoms with Crippen LogP contribution in [0, 0.1) is 12.7 Å². The molecule has 0 fully saturated rings. The molecule has 0 saturated heterocycles. The summed E-state index contributed by atoms with van der Waals surface area (Å²) < 4.78 is 19.0. The summed E-state index contributed by atoms with van der Waals surface area (Å²) in [5.74, 6) is 0.208. The lowest BCUT2D eigenvalue weighted by Crippen LogP contribution is -2.25. The number of likely N-dealkylation sites (N-methyl/N-ethyl adjacent to an activating group) is 1. The first kappa shape index (κ1) is 10.4. The smallest absolute Gasteiger partial charge is 0.165 e. The first-order chi connectivity index (χ1) is 7.20. The minimum absolute atomic E-state index is 0.233. The molecule has 1 aromatic rings. The van der Waals surface area contributed by atoms with E-state index < -0.39 is 0 Å². The van der Waals surface area contributed by atoms with Crippen molar-refractivity contribution in [3.63, 3.8) is 0 Å². The standard InChI is InChI=1S/C12H16FNO/c1-3-14-4-5-15-12-10(8-14)6-9(2)7-11(12)13/h6-7H,3-5,8H2,1-2H3. The van der Waals surface area contributed by atoms with Crippen LogP contribution in [0.3, 0.4) is 0 Å². The van der Waals surface area contributed by atoms with Crippen LogP contribution in [-0.2, 0) is 6.54 Å². The van der Waals surface area contributed by atoms with Crippen LogP contribution in [0.5, 0.6) is 5.75 Å². The average molecular weight is 209 g/mol. The van der Waals surface area contributed by atoms with Crippen molar-refractivity contribution in [3.05, 3.63) is 29.1 Å². The Bertz CT molecular complexity index is 365. The Labute approximate surface area is 89.7 Å². The van der Waals surface area contributed by atoms with Crippen LogP contribution in [0.15, 0.2) is 12.1 Å². The van der Waals surface area contributed by atoms with Crippen LogP contribution in [0.2, 0.25) is 0 Å². The molecule has 1 heterocycles. The minimum atomic E-state index is -0.233. The second-order valence-electron chi connectivity index (χ2n) is 3.95. The maximum atomic E-state index is 13.6. The van der Waals surface area contributed by atoms with Gasteiger partial charge in [-0.2, -0.15) is 0 Å². The summed E-state index contributed by atoms with van der Waals surface area (Å²) in [4.78, 5) is 2.25. The fourth-order valence-corrected chi connectivity index (χ4v) is 1.95. The highest BCUT2D eigenvalue weighted by Gasteiger charge is 2.17. The van der Waals surface area contributed by atoms with Crippen LogP contribution in [0.1, 0.15) is 18.1 Å². The number of hydrogen-bond donors (Lipinski definition) is 0. The maximum Gasteiger partial charge on any atom is 0.165 e. The number of hydrogen-bond acceptors (Lipinski definition) is 2. The van der Waals surface area contributed by atoms with Gasteiger partial charge in [-0.25, -0.2) is 4.39 Å². The molecule has 0 spiro atoms. The molecular formula is C12H16FNO. The van der Waals surface area contributed by atoms with Crippen molar-refractivity contribution in [1.82, 2.24) is 4.90 Å². The molecule has 0 amide bonds. The molecule has 82 valence electrons. The number of fused-ring (bicyclic) bond motifs is 1. The van der Waals surface area contributed by atoms with Crippen molar-refractivity contribution in [2.24, 2.45) is 0 Å². The molecule has 1 aliphatic heterocycles. The van der Waals surface area contributed by atoms with E-state index >= 15 is 0 Å². The van der Waals surface area contributed by atoms with E-state index in [2.05, 4.69) is 11.8 Å². The zero-order valence-corrected chi connectivity index (χ0v) is 9.22. The monoisotopic (exact) mass is 209 g/mol. The molecule has 15 heavy (non-hydrogen) atoms. The Kier molecular flexibility index (Phi) is 2.91. The second kappa shape index (κ2) is 4.19. The highest BCUT2D eigenvalue weighted by molar-refractivity contribution is 5.38. The van der Waals surface area contributed by atoms with Gasteiger partial charge in [-0.15, -0.1) is 0 Å². The summed E-state index contributed by atoms with van der Waals surface area (Å²) in [7, 11) is 0. The quantitative estimate of drug-likeness (QED) is 0.704. The third kappa shape index (κ3) is 2.12. The maximum absolute atomic E-state index is 13.6. The van der Waals surface area contributed by atoms with Gasteiger partial charge >= 0.3 is 0 Å². The highest BCUT2D eigenvalue weighted by atomic mass is 19.1. The average Bonchev–Trinajstić information content (AvgIpc) is 2.39. The summed E-state index contributed by atoms with van der Waals surface area (Å²) in [5, 5.41) is 0. The fraction of sp³-hybridized carbons (Fsp3) is 0.500. The molecule has 2 nitrogen and oxygen atoms in total. The Morgan fingerprint density at radius 3 is 3.00 bits per heavy atom. The molecular weight excluding hydrogens is 193 g/mol. The topological polar surface area (TPSA) is 12.5 Å². The molecule has 0 N–H and O–H groups in total. The Hall–Kier alpha value is -1.09. The van der Waals surface area contributed by atoms with E-state index in [1.54, 1.807) is 0 Å². The number of rotatable bonds is 1. The van der Waals surface area contributed by atoms with Crippen LogP contribution in [-0.4, -0.2) is 24.6 Å². The normalized spacial score (nSPS) is 16.7. The summed E-state index contributed by atoms with van der Waals surface area (Å²) in [6.07, 6.45) is 0. The van der Waals surface area contributed by atoms with E-state index in [0.717, 1.165) is 30.8 Å². The van der Waals surface area contributed by atoms with Gasteiger partial charge in [0.25, 0.3) is 0 Å². The number of nitrogens with zero attached hydrogens (tertiary/aromatic N) is 1. The van der Waals surface area contributed by atoms with E-state index in [1.807, 2.05) is 13.0 Å². The van der Waals surface area contributed by atoms with Gasteiger partial charge in [0.15, 0.2) is 11.6 Å². The lowest BCUT2D eigenvalue weighted by atomic mass is 10.1. The number of halogens is 1. The summed E-state index contributed by atoms with van der Waals surface area (Å²) in [5.41, 5.74) is 1.92. The van der Waals surface area contributed by atoms with Crippen molar-refractivity contribution in [1.29, 1.82) is 0 Å². The van der Waals surface area contributed by atoms with Gasteiger partial charge in [0, 0.05) is 18.7 Å². The first-order valence-electron chi connectivity index (χ1n) is 5.35. The molecule has 0 bridgehead atoms. The van der Waals surface area contributed by atoms with E-state index in [0.29, 0.717) is 12.4 Å². The molecule has 0 aliphatic carbocycles. The van der Waals surface area contributed by atoms with E-state index in [-0.39, 0.29) is 5.82 Å². The molecule has 3 heteroatoms. The van der Waals surface area contributed by atoms with Crippen molar-refractivity contribution in [2.45, 2.75) is 20.4 Å². The molecule has 1 aliphatic rings. The molecule has 0 unspecified atom stereocenters. The molecule has 0 radical (unpaired) electrons. The summed E-state index contributed by atoms with van der Waals surface area (Å²) in [6.45, 7) is 7.20. The molecule has 0 atom stereocenters. The Morgan fingerprint density at radius 2 is 2.27 bits per heavy atom. The predicted molar refractivity (Wildman–Crippen MR) is 57.6 cm³/mol. The van der Waals surface area contributed by atoms with Gasteiger partial charge in [0.2, 0.25) is 0 Å². The van der Waals surface area contributed by atoms with E-state index in [9.17, 15) is 4.39 Å². The van der Waals surface area contributed by atoms with Gasteiger partial charge < -0.3 is 4.74 Å². The summed E-state index contributed by atoms with van der Waals surface area (Å²) in [6, 6.07) is 3.53. The van der Waals surface area contributed by atoms with Gasteiger partial charge in [0.05, 0.1) is 0 Å². The third-order valence-corrected chi connectivity index (χ3v) is 2.76. The SMILES string of the molecule is CCN1CCOc2c(F)cc(C)cc2C1. The number of benzene rings is 1. The lowest BCUT2D eigenvalue weighted by Gasteiger charge is -2.16. The predicted octanol–water partition coefficient (Wildman–Crippen LogP) is 2.35. The number of aryl methyl sites for hydroxylation is 1. The zero-order chi connectivity index (χ0) is 10.8. The third-order valence-electron chi connectivity index (χ3n) is 2.76. The second-order valence-corrected chi connectivity index (χ2v) is 3.95. The van der Waals surface area contributed by atoms with Crippen molar-refractivity contribution < 1.29 is 9.13 Å². The van der Waals surface area contributed by atoms with E-state index in [1.165, 1.54) is 6.07 Å². The zero-order valence-electron chi connectivity index (χ0n) is 9.22. The van der Waals surface area contributed by atoms with Gasteiger partial charge in [0.1, 0.15) is 6.61 Å². The first-order valence-corrected chi connectivity index (χ1v) is 5.35. The molecule has 2 rings (SSSR count). The number of ether oxygens (including phenoxy) is 1. The molecule has 0 aromatic heterocycles. The van der Waals surface area contributed by atoms with Crippen LogP contribution < -0.4 is 4.74 Å². The van der Waals surface area contributed by atoms with E-state index in [4.69, 9.17) is 4.74 Å². The molecule has 1 aromatic carbocycles. The van der Waals surface area contributed by atoms with Crippen LogP contribution in [0.4, 0.5) is 4.39 Å². The van der Waals surface area contributed by atoms with Gasteiger partial charge in [-0.1, -0.05) is 13.0 Å². The summed E-state index contributed by atoms with van der Waals surface area (Å²) >= 11 is 0. The lowest BCUT2D eigenvalue weighted by molar-refractivity contribution is 0.231. The van der Waals surface area contributed by atoms with Crippen molar-refractivity contribution >= 4 is 0 Å². The van der Waals surface area contributed by atoms with Gasteiger partial charge in [-0.3, -0.25) is 4.90 Å². The fourth-order valence-electron chi connectivity index (χ4n) is 1.95. The minimum Gasteiger partial charge on any atom is -0.489 e. The molecule has 0 saturated carbocycles.